The highest BCUT2D eigenvalue weighted by atomic mass is 79.9. The number of rotatable bonds is 2. The predicted molar refractivity (Wildman–Crippen MR) is 60.8 cm³/mol. The summed E-state index contributed by atoms with van der Waals surface area (Å²) in [6.45, 7) is 0. The van der Waals surface area contributed by atoms with Gasteiger partial charge in [0, 0.05) is 12.2 Å². The van der Waals surface area contributed by atoms with E-state index in [1.54, 1.807) is 6.20 Å². The number of hydrogen-bond donors (Lipinski definition) is 1. The lowest BCUT2D eigenvalue weighted by molar-refractivity contribution is 0.0949. The lowest BCUT2D eigenvalue weighted by Crippen LogP contribution is -2.43. The van der Waals surface area contributed by atoms with Crippen molar-refractivity contribution in [3.8, 4) is 5.88 Å². The molecule has 0 aliphatic heterocycles. The summed E-state index contributed by atoms with van der Waals surface area (Å²) in [5.74, 6) is 0.666. The first-order valence-electron chi connectivity index (χ1n) is 4.28. The van der Waals surface area contributed by atoms with Gasteiger partial charge in [-0.05, 0) is 40.9 Å². The first-order valence-corrected chi connectivity index (χ1v) is 5.08. The van der Waals surface area contributed by atoms with Gasteiger partial charge in [0.05, 0.1) is 4.47 Å². The van der Waals surface area contributed by atoms with Gasteiger partial charge < -0.3 is 10.5 Å². The van der Waals surface area contributed by atoms with Gasteiger partial charge in [-0.2, -0.15) is 0 Å². The molecule has 2 rings (SSSR count). The Morgan fingerprint density at radius 3 is 2.79 bits per heavy atom. The lowest BCUT2D eigenvalue weighted by atomic mass is 9.90. The number of ether oxygens (including phenoxy) is 1. The van der Waals surface area contributed by atoms with Crippen LogP contribution in [0.5, 0.6) is 5.88 Å². The second-order valence-electron chi connectivity index (χ2n) is 3.26. The van der Waals surface area contributed by atoms with Gasteiger partial charge in [0.25, 0.3) is 0 Å². The van der Waals surface area contributed by atoms with E-state index in [1.807, 2.05) is 12.1 Å². The maximum atomic E-state index is 5.65. The summed E-state index contributed by atoms with van der Waals surface area (Å²) < 4.78 is 6.51. The highest BCUT2D eigenvalue weighted by Gasteiger charge is 2.28. The molecule has 0 amide bonds. The number of halogens is 2. The highest BCUT2D eigenvalue weighted by molar-refractivity contribution is 9.10. The van der Waals surface area contributed by atoms with Gasteiger partial charge in [-0.25, -0.2) is 4.98 Å². The molecule has 0 unspecified atom stereocenters. The Hall–Kier alpha value is -0.320. The largest absolute Gasteiger partial charge is 0.473 e. The number of hydrogen-bond acceptors (Lipinski definition) is 3. The first-order chi connectivity index (χ1) is 6.25. The maximum Gasteiger partial charge on any atom is 0.228 e. The van der Waals surface area contributed by atoms with Gasteiger partial charge in [-0.1, -0.05) is 0 Å². The summed E-state index contributed by atoms with van der Waals surface area (Å²) in [4.78, 5) is 4.12. The summed E-state index contributed by atoms with van der Waals surface area (Å²) in [7, 11) is 0. The van der Waals surface area contributed by atoms with Crippen molar-refractivity contribution in [3.05, 3.63) is 22.8 Å². The molecule has 0 saturated heterocycles. The van der Waals surface area contributed by atoms with Crippen LogP contribution in [0.25, 0.3) is 0 Å². The molecular weight excluding hydrogens is 267 g/mol. The van der Waals surface area contributed by atoms with Crippen molar-refractivity contribution in [1.82, 2.24) is 4.98 Å². The van der Waals surface area contributed by atoms with E-state index < -0.39 is 0 Å². The average Bonchev–Trinajstić information content (AvgIpc) is 2.06. The third kappa shape index (κ3) is 2.59. The van der Waals surface area contributed by atoms with Crippen LogP contribution < -0.4 is 10.5 Å². The zero-order chi connectivity index (χ0) is 9.26. The van der Waals surface area contributed by atoms with Crippen molar-refractivity contribution in [2.24, 2.45) is 5.73 Å². The second kappa shape index (κ2) is 4.96. The molecule has 0 spiro atoms. The molecule has 1 saturated carbocycles. The average molecular weight is 280 g/mol. The summed E-state index contributed by atoms with van der Waals surface area (Å²) in [5, 5.41) is 0. The molecule has 0 bridgehead atoms. The minimum absolute atomic E-state index is 0. The molecule has 0 radical (unpaired) electrons. The Kier molecular flexibility index (Phi) is 4.16. The third-order valence-electron chi connectivity index (χ3n) is 2.13. The van der Waals surface area contributed by atoms with E-state index in [2.05, 4.69) is 20.9 Å². The quantitative estimate of drug-likeness (QED) is 0.902. The van der Waals surface area contributed by atoms with Gasteiger partial charge in [-0.15, -0.1) is 12.4 Å². The van der Waals surface area contributed by atoms with Crippen LogP contribution in [0.2, 0.25) is 0 Å². The molecule has 14 heavy (non-hydrogen) atoms. The van der Waals surface area contributed by atoms with Crippen molar-refractivity contribution in [2.75, 3.05) is 0 Å². The molecular formula is C9H12BrClN2O. The van der Waals surface area contributed by atoms with E-state index in [-0.39, 0.29) is 18.5 Å². The van der Waals surface area contributed by atoms with Crippen molar-refractivity contribution < 1.29 is 4.74 Å². The van der Waals surface area contributed by atoms with Gasteiger partial charge >= 0.3 is 0 Å². The van der Waals surface area contributed by atoms with Crippen molar-refractivity contribution in [3.63, 3.8) is 0 Å². The third-order valence-corrected chi connectivity index (χ3v) is 2.74. The standard InChI is InChI=1S/C9H11BrN2O.ClH/c10-8-2-1-3-12-9(8)13-7-4-6(11)5-7;/h1-3,6-7H,4-5,11H2;1H/t6-,7-;. The molecule has 5 heteroatoms. The van der Waals surface area contributed by atoms with E-state index >= 15 is 0 Å². The summed E-state index contributed by atoms with van der Waals surface area (Å²) in [5.41, 5.74) is 5.65. The zero-order valence-corrected chi connectivity index (χ0v) is 9.92. The molecule has 1 heterocycles. The number of nitrogens with two attached hydrogens (primary N) is 1. The van der Waals surface area contributed by atoms with E-state index in [9.17, 15) is 0 Å². The molecule has 0 aromatic carbocycles. The SMILES string of the molecule is Cl.N[C@H]1C[C@H](Oc2ncccc2Br)C1. The van der Waals surface area contributed by atoms with Gasteiger partial charge in [0.15, 0.2) is 0 Å². The smallest absolute Gasteiger partial charge is 0.228 e. The summed E-state index contributed by atoms with van der Waals surface area (Å²) in [6, 6.07) is 4.09. The van der Waals surface area contributed by atoms with Crippen LogP contribution >= 0.6 is 28.3 Å². The first kappa shape index (κ1) is 11.8. The highest BCUT2D eigenvalue weighted by Crippen LogP contribution is 2.27. The number of pyridine rings is 1. The van der Waals surface area contributed by atoms with E-state index in [0.717, 1.165) is 17.3 Å². The molecule has 1 aliphatic carbocycles. The van der Waals surface area contributed by atoms with Crippen LogP contribution in [0.3, 0.4) is 0 Å². The Labute approximate surface area is 97.6 Å². The van der Waals surface area contributed by atoms with Gasteiger partial charge in [-0.3, -0.25) is 0 Å². The molecule has 1 aromatic heterocycles. The van der Waals surface area contributed by atoms with Crippen molar-refractivity contribution in [1.29, 1.82) is 0 Å². The molecule has 1 aromatic rings. The van der Waals surface area contributed by atoms with Crippen LogP contribution in [0.4, 0.5) is 0 Å². The summed E-state index contributed by atoms with van der Waals surface area (Å²) in [6.07, 6.45) is 3.84. The number of nitrogens with zero attached hydrogens (tertiary/aromatic N) is 1. The minimum atomic E-state index is 0. The second-order valence-corrected chi connectivity index (χ2v) is 4.12. The lowest BCUT2D eigenvalue weighted by Gasteiger charge is -2.32. The normalized spacial score (nSPS) is 24.7. The monoisotopic (exact) mass is 278 g/mol. The molecule has 1 aliphatic rings. The Balaban J connectivity index is 0.000000980. The fourth-order valence-electron chi connectivity index (χ4n) is 1.32. The Morgan fingerprint density at radius 1 is 1.50 bits per heavy atom. The fourth-order valence-corrected chi connectivity index (χ4v) is 1.67. The van der Waals surface area contributed by atoms with Crippen LogP contribution in [0, 0.1) is 0 Å². The van der Waals surface area contributed by atoms with E-state index in [0.29, 0.717) is 11.9 Å². The fraction of sp³-hybridized carbons (Fsp3) is 0.444. The Morgan fingerprint density at radius 2 is 2.21 bits per heavy atom. The van der Waals surface area contributed by atoms with Crippen molar-refractivity contribution in [2.45, 2.75) is 25.0 Å². The van der Waals surface area contributed by atoms with Crippen LogP contribution in [0.1, 0.15) is 12.8 Å². The maximum absolute atomic E-state index is 5.65. The van der Waals surface area contributed by atoms with E-state index in [4.69, 9.17) is 10.5 Å². The van der Waals surface area contributed by atoms with Gasteiger partial charge in [0.2, 0.25) is 5.88 Å². The molecule has 78 valence electrons. The molecule has 0 atom stereocenters. The van der Waals surface area contributed by atoms with Gasteiger partial charge in [0.1, 0.15) is 6.10 Å². The molecule has 3 nitrogen and oxygen atoms in total. The van der Waals surface area contributed by atoms with Crippen molar-refractivity contribution >= 4 is 28.3 Å². The van der Waals surface area contributed by atoms with Crippen LogP contribution in [-0.2, 0) is 0 Å². The Bertz CT molecular complexity index is 305. The van der Waals surface area contributed by atoms with Crippen LogP contribution in [0.15, 0.2) is 22.8 Å². The van der Waals surface area contributed by atoms with Crippen LogP contribution in [-0.4, -0.2) is 17.1 Å². The topological polar surface area (TPSA) is 48.1 Å². The predicted octanol–water partition coefficient (Wildman–Crippen LogP) is 2.13. The molecule has 2 N–H and O–H groups in total. The summed E-state index contributed by atoms with van der Waals surface area (Å²) >= 11 is 3.37. The minimum Gasteiger partial charge on any atom is -0.473 e. The van der Waals surface area contributed by atoms with E-state index in [1.165, 1.54) is 0 Å². The molecule has 1 fully saturated rings. The zero-order valence-electron chi connectivity index (χ0n) is 7.52. The number of aromatic nitrogens is 1.